The summed E-state index contributed by atoms with van der Waals surface area (Å²) >= 11 is 1.81. The van der Waals surface area contributed by atoms with Gasteiger partial charge in [-0.3, -0.25) is 14.5 Å². The van der Waals surface area contributed by atoms with Gasteiger partial charge in [-0.1, -0.05) is 66.7 Å². The third kappa shape index (κ3) is 3.60. The summed E-state index contributed by atoms with van der Waals surface area (Å²) < 4.78 is 4.61. The third-order valence-corrected chi connectivity index (χ3v) is 9.94. The van der Waals surface area contributed by atoms with E-state index in [1.165, 1.54) is 30.9 Å². The zero-order valence-electron chi connectivity index (χ0n) is 24.3. The molecule has 10 rings (SSSR count). The van der Waals surface area contributed by atoms with Crippen LogP contribution < -0.4 is 0 Å². The van der Waals surface area contributed by atoms with Crippen LogP contribution in [0, 0.1) is 0 Å². The predicted octanol–water partition coefficient (Wildman–Crippen LogP) is 9.77. The van der Waals surface area contributed by atoms with Gasteiger partial charge in [-0.05, 0) is 59.3 Å². The average molecular weight is 607 g/mol. The van der Waals surface area contributed by atoms with E-state index in [0.717, 1.165) is 55.5 Å². The van der Waals surface area contributed by atoms with Crippen molar-refractivity contribution >= 4 is 75.1 Å². The molecule has 0 amide bonds. The first-order chi connectivity index (χ1) is 22.8. The SMILES string of the molecule is c1ccc(-c2ccc(-c3nc(-n4c5ncccc5c5c6ccccc6c6c7ccccc7sc6c54)nc4ccccc34)nc2)nc1. The van der Waals surface area contributed by atoms with E-state index in [0.29, 0.717) is 5.95 Å². The van der Waals surface area contributed by atoms with Crippen molar-refractivity contribution in [3.63, 3.8) is 0 Å². The summed E-state index contributed by atoms with van der Waals surface area (Å²) in [5.41, 5.74) is 6.12. The first kappa shape index (κ1) is 25.3. The Morgan fingerprint density at radius 1 is 0.522 bits per heavy atom. The minimum absolute atomic E-state index is 0.567. The van der Waals surface area contributed by atoms with Gasteiger partial charge in [0.2, 0.25) is 5.95 Å². The first-order valence-electron chi connectivity index (χ1n) is 15.1. The maximum Gasteiger partial charge on any atom is 0.237 e. The predicted molar refractivity (Wildman–Crippen MR) is 189 cm³/mol. The monoisotopic (exact) mass is 606 g/mol. The highest BCUT2D eigenvalue weighted by molar-refractivity contribution is 7.27. The van der Waals surface area contributed by atoms with Gasteiger partial charge in [0.05, 0.1) is 27.1 Å². The number of para-hydroxylation sites is 1. The van der Waals surface area contributed by atoms with E-state index in [2.05, 4.69) is 76.3 Å². The highest BCUT2D eigenvalue weighted by atomic mass is 32.1. The molecular formula is C39H22N6S. The van der Waals surface area contributed by atoms with Crippen molar-refractivity contribution in [1.29, 1.82) is 0 Å². The normalized spacial score (nSPS) is 11.9. The van der Waals surface area contributed by atoms with Gasteiger partial charge in [0.1, 0.15) is 11.3 Å². The van der Waals surface area contributed by atoms with Gasteiger partial charge in [-0.2, -0.15) is 0 Å². The number of pyridine rings is 3. The first-order valence-corrected chi connectivity index (χ1v) is 15.9. The van der Waals surface area contributed by atoms with Gasteiger partial charge in [0.25, 0.3) is 0 Å². The Morgan fingerprint density at radius 2 is 1.26 bits per heavy atom. The van der Waals surface area contributed by atoms with Crippen LogP contribution in [0.5, 0.6) is 0 Å². The Balaban J connectivity index is 1.33. The number of benzene rings is 4. The molecule has 4 aromatic carbocycles. The van der Waals surface area contributed by atoms with Gasteiger partial charge in [0.15, 0.2) is 0 Å². The Hall–Kier alpha value is -6.05. The molecule has 0 radical (unpaired) electrons. The molecule has 0 atom stereocenters. The van der Waals surface area contributed by atoms with Crippen LogP contribution in [0.15, 0.2) is 134 Å². The quantitative estimate of drug-likeness (QED) is 0.200. The highest BCUT2D eigenvalue weighted by Gasteiger charge is 2.24. The molecule has 0 N–H and O–H groups in total. The molecule has 0 aliphatic heterocycles. The lowest BCUT2D eigenvalue weighted by molar-refractivity contribution is 0.998. The molecule has 7 heteroatoms. The lowest BCUT2D eigenvalue weighted by Gasteiger charge is -2.12. The molecule has 0 fully saturated rings. The summed E-state index contributed by atoms with van der Waals surface area (Å²) in [6.07, 6.45) is 5.51. The molecule has 10 aromatic rings. The molecule has 0 saturated carbocycles. The number of hydrogen-bond donors (Lipinski definition) is 0. The van der Waals surface area contributed by atoms with Crippen LogP contribution in [0.4, 0.5) is 0 Å². The highest BCUT2D eigenvalue weighted by Crippen LogP contribution is 2.47. The Morgan fingerprint density at radius 3 is 2.09 bits per heavy atom. The number of nitrogens with zero attached hydrogens (tertiary/aromatic N) is 6. The molecular weight excluding hydrogens is 585 g/mol. The minimum atomic E-state index is 0.567. The van der Waals surface area contributed by atoms with Crippen molar-refractivity contribution in [2.75, 3.05) is 0 Å². The van der Waals surface area contributed by atoms with Crippen LogP contribution in [-0.2, 0) is 0 Å². The number of rotatable bonds is 3. The van der Waals surface area contributed by atoms with Gasteiger partial charge >= 0.3 is 0 Å². The molecule has 0 aliphatic carbocycles. The summed E-state index contributed by atoms with van der Waals surface area (Å²) in [6, 6.07) is 39.6. The van der Waals surface area contributed by atoms with Gasteiger partial charge in [-0.15, -0.1) is 11.3 Å². The molecule has 0 spiro atoms. The number of hydrogen-bond acceptors (Lipinski definition) is 6. The number of fused-ring (bicyclic) bond motifs is 11. The average Bonchev–Trinajstić information content (AvgIpc) is 3.69. The van der Waals surface area contributed by atoms with Crippen LogP contribution in [0.25, 0.3) is 92.4 Å². The zero-order chi connectivity index (χ0) is 30.2. The minimum Gasteiger partial charge on any atom is -0.260 e. The Kier molecular flexibility index (Phi) is 5.35. The standard InChI is InChI=1S/C39H22N6S/c1-2-11-25-24(10-1)33-28-14-9-21-41-38(28)45(36(33)37-34(25)27-13-4-6-17-32(27)46-37)39-43-30-16-5-3-12-26(30)35(44-39)31-19-18-23(22-42-31)29-15-7-8-20-40-29/h1-22H. The van der Waals surface area contributed by atoms with Crippen LogP contribution in [0.3, 0.4) is 0 Å². The van der Waals surface area contributed by atoms with Crippen LogP contribution in [0.2, 0.25) is 0 Å². The van der Waals surface area contributed by atoms with Gasteiger partial charge in [0, 0.05) is 55.8 Å². The summed E-state index contributed by atoms with van der Waals surface area (Å²) in [4.78, 5) is 24.8. The van der Waals surface area contributed by atoms with E-state index >= 15 is 0 Å². The molecule has 6 aromatic heterocycles. The van der Waals surface area contributed by atoms with Crippen molar-refractivity contribution in [2.45, 2.75) is 0 Å². The van der Waals surface area contributed by atoms with Crippen molar-refractivity contribution in [1.82, 2.24) is 29.5 Å². The van der Waals surface area contributed by atoms with Crippen LogP contribution in [-0.4, -0.2) is 29.5 Å². The van der Waals surface area contributed by atoms with Crippen LogP contribution in [0.1, 0.15) is 0 Å². The number of thiophene rings is 1. The summed E-state index contributed by atoms with van der Waals surface area (Å²) in [5, 5.41) is 8.11. The Bertz CT molecular complexity index is 2800. The van der Waals surface area contributed by atoms with E-state index < -0.39 is 0 Å². The maximum absolute atomic E-state index is 5.30. The summed E-state index contributed by atoms with van der Waals surface area (Å²) in [7, 11) is 0. The summed E-state index contributed by atoms with van der Waals surface area (Å²) in [6.45, 7) is 0. The summed E-state index contributed by atoms with van der Waals surface area (Å²) in [5.74, 6) is 0.567. The topological polar surface area (TPSA) is 69.4 Å². The van der Waals surface area contributed by atoms with E-state index in [1.807, 2.05) is 72.3 Å². The Labute approximate surface area is 266 Å². The largest absolute Gasteiger partial charge is 0.260 e. The second kappa shape index (κ2) is 9.72. The van der Waals surface area contributed by atoms with Crippen LogP contribution >= 0.6 is 11.3 Å². The van der Waals surface area contributed by atoms with E-state index in [4.69, 9.17) is 19.9 Å². The van der Waals surface area contributed by atoms with Crippen molar-refractivity contribution in [2.24, 2.45) is 0 Å². The second-order valence-corrected chi connectivity index (χ2v) is 12.4. The van der Waals surface area contributed by atoms with E-state index in [9.17, 15) is 0 Å². The van der Waals surface area contributed by atoms with Gasteiger partial charge in [-0.25, -0.2) is 15.0 Å². The number of aromatic nitrogens is 6. The smallest absolute Gasteiger partial charge is 0.237 e. The molecule has 6 heterocycles. The fourth-order valence-corrected chi connectivity index (χ4v) is 8.03. The molecule has 0 aliphatic rings. The molecule has 214 valence electrons. The molecule has 0 bridgehead atoms. The van der Waals surface area contributed by atoms with Crippen molar-refractivity contribution < 1.29 is 0 Å². The zero-order valence-corrected chi connectivity index (χ0v) is 25.1. The van der Waals surface area contributed by atoms with Gasteiger partial charge < -0.3 is 0 Å². The van der Waals surface area contributed by atoms with E-state index in [-0.39, 0.29) is 0 Å². The molecule has 6 nitrogen and oxygen atoms in total. The second-order valence-electron chi connectivity index (χ2n) is 11.3. The van der Waals surface area contributed by atoms with Crippen molar-refractivity contribution in [3.8, 4) is 28.6 Å². The lowest BCUT2D eigenvalue weighted by Crippen LogP contribution is -2.04. The third-order valence-electron chi connectivity index (χ3n) is 8.76. The van der Waals surface area contributed by atoms with E-state index in [1.54, 1.807) is 6.20 Å². The maximum atomic E-state index is 5.30. The van der Waals surface area contributed by atoms with Crippen molar-refractivity contribution in [3.05, 3.63) is 134 Å². The molecule has 0 unspecified atom stereocenters. The lowest BCUT2D eigenvalue weighted by atomic mass is 9.99. The fourth-order valence-electron chi connectivity index (χ4n) is 6.78. The fraction of sp³-hybridized carbons (Fsp3) is 0. The molecule has 0 saturated heterocycles. The molecule has 46 heavy (non-hydrogen) atoms.